The van der Waals surface area contributed by atoms with Gasteiger partial charge in [0.2, 0.25) is 0 Å². The Hall–Kier alpha value is -8.60. The first kappa shape index (κ1) is 35.4. The van der Waals surface area contributed by atoms with Crippen LogP contribution in [0, 0.1) is 35.5 Å². The zero-order chi connectivity index (χ0) is 41.0. The van der Waals surface area contributed by atoms with Crippen LogP contribution in [-0.4, -0.2) is 0 Å². The Bertz CT molecular complexity index is 3840. The summed E-state index contributed by atoms with van der Waals surface area (Å²) < 4.78 is 0. The average molecular weight is 779 g/mol. The maximum absolute atomic E-state index is 3.91. The molecule has 1 aliphatic rings. The van der Waals surface area contributed by atoms with Crippen molar-refractivity contribution in [1.82, 2.24) is 0 Å². The summed E-state index contributed by atoms with van der Waals surface area (Å²) in [6.07, 6.45) is 0. The molecule has 12 rings (SSSR count). The predicted octanol–water partition coefficient (Wildman–Crippen LogP) is 15.0. The Morgan fingerprint density at radius 2 is 0.677 bits per heavy atom. The summed E-state index contributed by atoms with van der Waals surface area (Å²) in [4.78, 5) is 0. The molecule has 0 amide bonds. The summed E-state index contributed by atoms with van der Waals surface area (Å²) in [6, 6.07) is 73.2. The summed E-state index contributed by atoms with van der Waals surface area (Å²) in [6.45, 7) is 0. The number of hydrogen-bond acceptors (Lipinski definition) is 0. The molecule has 0 spiro atoms. The highest BCUT2D eigenvalue weighted by molar-refractivity contribution is 6.29. The molecule has 0 saturated heterocycles. The van der Waals surface area contributed by atoms with Crippen LogP contribution >= 0.6 is 0 Å². The van der Waals surface area contributed by atoms with Crippen LogP contribution in [0.3, 0.4) is 0 Å². The van der Waals surface area contributed by atoms with E-state index < -0.39 is 0 Å². The number of fused-ring (bicyclic) bond motifs is 8. The summed E-state index contributed by atoms with van der Waals surface area (Å²) in [7, 11) is 0. The van der Waals surface area contributed by atoms with Gasteiger partial charge in [0.05, 0.1) is 0 Å². The molecule has 0 bridgehead atoms. The molecule has 62 heavy (non-hydrogen) atoms. The Morgan fingerprint density at radius 1 is 0.226 bits per heavy atom. The Labute approximate surface area is 360 Å². The fourth-order valence-electron chi connectivity index (χ4n) is 9.61. The number of hydrogen-bond donors (Lipinski definition) is 0. The normalized spacial score (nSPS) is 11.2. The van der Waals surface area contributed by atoms with Crippen LogP contribution in [-0.2, 0) is 0 Å². The van der Waals surface area contributed by atoms with Crippen molar-refractivity contribution < 1.29 is 0 Å². The van der Waals surface area contributed by atoms with Crippen molar-refractivity contribution in [2.24, 2.45) is 0 Å². The highest BCUT2D eigenvalue weighted by atomic mass is 14.3. The van der Waals surface area contributed by atoms with Gasteiger partial charge in [0, 0.05) is 55.1 Å². The largest absolute Gasteiger partial charge is 0.0622 e. The molecular weight excluding hydrogens is 745 g/mol. The van der Waals surface area contributed by atoms with Crippen LogP contribution in [0.1, 0.15) is 33.4 Å². The minimum Gasteiger partial charge on any atom is -0.0622 e. The van der Waals surface area contributed by atoms with Gasteiger partial charge in [0.25, 0.3) is 0 Å². The highest BCUT2D eigenvalue weighted by Crippen LogP contribution is 2.56. The molecular formula is C62H34. The van der Waals surface area contributed by atoms with Gasteiger partial charge in [-0.1, -0.05) is 199 Å². The van der Waals surface area contributed by atoms with Gasteiger partial charge in [-0.2, -0.15) is 0 Å². The van der Waals surface area contributed by atoms with E-state index in [0.29, 0.717) is 0 Å². The monoisotopic (exact) mass is 778 g/mol. The Morgan fingerprint density at radius 3 is 1.29 bits per heavy atom. The zero-order valence-corrected chi connectivity index (χ0v) is 33.6. The molecule has 0 radical (unpaired) electrons. The summed E-state index contributed by atoms with van der Waals surface area (Å²) >= 11 is 0. The van der Waals surface area contributed by atoms with Gasteiger partial charge in [-0.05, 0) is 108 Å². The fourth-order valence-corrected chi connectivity index (χ4v) is 9.61. The summed E-state index contributed by atoms with van der Waals surface area (Å²) in [5, 5.41) is 11.7. The van der Waals surface area contributed by atoms with Crippen molar-refractivity contribution in [3.8, 4) is 68.9 Å². The lowest BCUT2D eigenvalue weighted by atomic mass is 9.81. The van der Waals surface area contributed by atoms with Crippen molar-refractivity contribution in [3.05, 3.63) is 240 Å². The molecule has 0 unspecified atom stereocenters. The summed E-state index contributed by atoms with van der Waals surface area (Å²) in [5.74, 6) is 21.7. The highest BCUT2D eigenvalue weighted by Gasteiger charge is 2.31. The third kappa shape index (κ3) is 5.77. The molecule has 11 aromatic rings. The van der Waals surface area contributed by atoms with E-state index in [2.05, 4.69) is 193 Å². The molecule has 0 fully saturated rings. The van der Waals surface area contributed by atoms with Gasteiger partial charge in [-0.3, -0.25) is 0 Å². The molecule has 0 aliphatic heterocycles. The maximum atomic E-state index is 3.91. The molecule has 0 heteroatoms. The van der Waals surface area contributed by atoms with Crippen molar-refractivity contribution in [2.45, 2.75) is 0 Å². The first-order valence-electron chi connectivity index (χ1n) is 21.0. The topological polar surface area (TPSA) is 0 Å². The minimum atomic E-state index is 0.955. The second-order valence-corrected chi connectivity index (χ2v) is 15.8. The zero-order valence-electron chi connectivity index (χ0n) is 33.6. The fraction of sp³-hybridized carbons (Fsp3) is 0. The lowest BCUT2D eigenvalue weighted by Crippen LogP contribution is -1.96. The molecule has 0 atom stereocenters. The molecule has 0 N–H and O–H groups in total. The molecule has 0 aromatic heterocycles. The van der Waals surface area contributed by atoms with Crippen LogP contribution in [0.25, 0.3) is 87.2 Å². The maximum Gasteiger partial charge on any atom is 0.0419 e. The van der Waals surface area contributed by atoms with E-state index in [1.54, 1.807) is 0 Å². The van der Waals surface area contributed by atoms with Crippen LogP contribution in [0.2, 0.25) is 0 Å². The SMILES string of the molecule is C(#Cc1cccc2cccc(C#Cc3c4c(c(-c5cccc6cccc(C#Cc7ccccc7)c56)c5ccc6ccccc6c35)-c3cccc5cccc-4c35)c12)c1ccccc1. The minimum absolute atomic E-state index is 0.955. The van der Waals surface area contributed by atoms with Crippen molar-refractivity contribution >= 4 is 53.9 Å². The van der Waals surface area contributed by atoms with E-state index in [4.69, 9.17) is 0 Å². The molecule has 0 nitrogen and oxygen atoms in total. The molecule has 0 saturated carbocycles. The van der Waals surface area contributed by atoms with Gasteiger partial charge in [0.15, 0.2) is 0 Å². The number of rotatable bonds is 1. The second-order valence-electron chi connectivity index (χ2n) is 15.8. The van der Waals surface area contributed by atoms with Gasteiger partial charge in [-0.25, -0.2) is 0 Å². The Kier molecular flexibility index (Phi) is 8.32. The first-order chi connectivity index (χ1) is 30.8. The lowest BCUT2D eigenvalue weighted by molar-refractivity contribution is 1.63. The third-order valence-corrected chi connectivity index (χ3v) is 12.3. The predicted molar refractivity (Wildman–Crippen MR) is 261 cm³/mol. The van der Waals surface area contributed by atoms with E-state index in [-0.39, 0.29) is 0 Å². The molecule has 11 aromatic carbocycles. The van der Waals surface area contributed by atoms with Gasteiger partial charge < -0.3 is 0 Å². The van der Waals surface area contributed by atoms with Crippen LogP contribution < -0.4 is 0 Å². The van der Waals surface area contributed by atoms with E-state index in [0.717, 1.165) is 65.9 Å². The first-order valence-corrected chi connectivity index (χ1v) is 21.0. The number of benzene rings is 11. The van der Waals surface area contributed by atoms with Crippen molar-refractivity contribution in [1.29, 1.82) is 0 Å². The summed E-state index contributed by atoms with van der Waals surface area (Å²) in [5.41, 5.74) is 13.1. The van der Waals surface area contributed by atoms with Crippen molar-refractivity contribution in [2.75, 3.05) is 0 Å². The van der Waals surface area contributed by atoms with E-state index in [1.165, 1.54) is 54.7 Å². The molecule has 282 valence electrons. The van der Waals surface area contributed by atoms with Gasteiger partial charge in [-0.15, -0.1) is 0 Å². The van der Waals surface area contributed by atoms with E-state index >= 15 is 0 Å². The third-order valence-electron chi connectivity index (χ3n) is 12.3. The van der Waals surface area contributed by atoms with Gasteiger partial charge >= 0.3 is 0 Å². The Balaban J connectivity index is 1.20. The average Bonchev–Trinajstić information content (AvgIpc) is 3.67. The molecule has 1 aliphatic carbocycles. The molecule has 0 heterocycles. The quantitative estimate of drug-likeness (QED) is 0.115. The van der Waals surface area contributed by atoms with Crippen LogP contribution in [0.5, 0.6) is 0 Å². The smallest absolute Gasteiger partial charge is 0.0419 e. The van der Waals surface area contributed by atoms with Crippen molar-refractivity contribution in [3.63, 3.8) is 0 Å². The van der Waals surface area contributed by atoms with E-state index in [1.807, 2.05) is 48.5 Å². The van der Waals surface area contributed by atoms with Crippen LogP contribution in [0.4, 0.5) is 0 Å². The standard InChI is InChI=1S/C62H34/c1-3-15-41(16-4-1)33-35-47-23-9-20-44-21-10-24-48(56(44)47)38-40-55-59-50-29-8-7-19-43(50)37-39-54(59)60(62-53-32-14-28-46-27-13-31-52(58(46)53)61(55)62)51-30-12-26-45-22-11-25-49(57(45)51)36-34-42-17-5-2-6-18-42/h1-32,37,39H. The van der Waals surface area contributed by atoms with E-state index in [9.17, 15) is 0 Å². The van der Waals surface area contributed by atoms with Crippen LogP contribution in [0.15, 0.2) is 206 Å². The van der Waals surface area contributed by atoms with Gasteiger partial charge in [0.1, 0.15) is 0 Å². The second kappa shape index (κ2) is 14.6. The lowest BCUT2D eigenvalue weighted by Gasteiger charge is -2.20.